The largest absolute Gasteiger partial charge is 0.369 e. The van der Waals surface area contributed by atoms with E-state index in [0.29, 0.717) is 23.7 Å². The Kier molecular flexibility index (Phi) is 5.59. The third-order valence-corrected chi connectivity index (χ3v) is 4.90. The molecular weight excluding hydrogens is 357 g/mol. The van der Waals surface area contributed by atoms with Crippen LogP contribution in [-0.4, -0.2) is 36.0 Å². The molecule has 0 spiro atoms. The number of benzene rings is 1. The predicted molar refractivity (Wildman–Crippen MR) is 96.9 cm³/mol. The fraction of sp³-hybridized carbons (Fsp3) is 0.176. The smallest absolute Gasteiger partial charge is 0.215 e. The Morgan fingerprint density at radius 2 is 1.77 bits per heavy atom. The molecule has 1 aromatic carbocycles. The van der Waals surface area contributed by atoms with Crippen LogP contribution in [0.25, 0.3) is 5.82 Å². The first-order valence-corrected chi connectivity index (χ1v) is 9.58. The van der Waals surface area contributed by atoms with Gasteiger partial charge in [-0.25, -0.2) is 27.5 Å². The first kappa shape index (κ1) is 18.0. The van der Waals surface area contributed by atoms with Crippen LogP contribution >= 0.6 is 0 Å². The Morgan fingerprint density at radius 1 is 1.04 bits per heavy atom. The van der Waals surface area contributed by atoms with Gasteiger partial charge in [-0.05, 0) is 29.8 Å². The van der Waals surface area contributed by atoms with Gasteiger partial charge >= 0.3 is 0 Å². The van der Waals surface area contributed by atoms with Crippen molar-refractivity contribution in [2.45, 2.75) is 5.75 Å². The van der Waals surface area contributed by atoms with E-state index in [1.165, 1.54) is 30.6 Å². The second-order valence-electron chi connectivity index (χ2n) is 5.56. The highest BCUT2D eigenvalue weighted by Gasteiger charge is 2.11. The molecule has 0 atom stereocenters. The average Bonchev–Trinajstić information content (AvgIpc) is 3.16. The average molecular weight is 375 g/mol. The first-order valence-electron chi connectivity index (χ1n) is 7.93. The third kappa shape index (κ3) is 5.11. The lowest BCUT2D eigenvalue weighted by atomic mass is 10.2. The van der Waals surface area contributed by atoms with Crippen molar-refractivity contribution in [3.63, 3.8) is 0 Å². The molecule has 0 fully saturated rings. The monoisotopic (exact) mass is 375 g/mol. The van der Waals surface area contributed by atoms with Crippen LogP contribution in [0.2, 0.25) is 0 Å². The third-order valence-electron chi connectivity index (χ3n) is 3.54. The van der Waals surface area contributed by atoms with Gasteiger partial charge in [0.05, 0.1) is 5.75 Å². The van der Waals surface area contributed by atoms with E-state index in [-0.39, 0.29) is 12.3 Å². The number of aromatic nitrogens is 3. The molecule has 136 valence electrons. The molecule has 2 heterocycles. The maximum absolute atomic E-state index is 12.9. The highest BCUT2D eigenvalue weighted by atomic mass is 32.2. The van der Waals surface area contributed by atoms with Crippen LogP contribution in [0, 0.1) is 5.82 Å². The number of anilines is 1. The second kappa shape index (κ2) is 8.07. The Hall–Kier alpha value is -2.78. The van der Waals surface area contributed by atoms with Crippen molar-refractivity contribution in [3.05, 3.63) is 72.6 Å². The van der Waals surface area contributed by atoms with Gasteiger partial charge in [0.25, 0.3) is 0 Å². The summed E-state index contributed by atoms with van der Waals surface area (Å²) >= 11 is 0. The molecule has 0 saturated heterocycles. The molecule has 26 heavy (non-hydrogen) atoms. The summed E-state index contributed by atoms with van der Waals surface area (Å²) in [5, 5.41) is 3.05. The predicted octanol–water partition coefficient (Wildman–Crippen LogP) is 1.94. The van der Waals surface area contributed by atoms with E-state index in [4.69, 9.17) is 0 Å². The van der Waals surface area contributed by atoms with Crippen molar-refractivity contribution < 1.29 is 12.8 Å². The van der Waals surface area contributed by atoms with Crippen LogP contribution in [0.5, 0.6) is 0 Å². The molecule has 0 aliphatic carbocycles. The van der Waals surface area contributed by atoms with Gasteiger partial charge in [-0.2, -0.15) is 0 Å². The number of rotatable bonds is 8. The fourth-order valence-corrected chi connectivity index (χ4v) is 3.47. The van der Waals surface area contributed by atoms with Crippen LogP contribution in [0.3, 0.4) is 0 Å². The summed E-state index contributed by atoms with van der Waals surface area (Å²) in [6.07, 6.45) is 5.18. The zero-order valence-electron chi connectivity index (χ0n) is 13.8. The molecule has 3 rings (SSSR count). The van der Waals surface area contributed by atoms with Crippen molar-refractivity contribution in [1.82, 2.24) is 19.3 Å². The lowest BCUT2D eigenvalue weighted by Gasteiger charge is -2.09. The van der Waals surface area contributed by atoms with Crippen LogP contribution in [-0.2, 0) is 15.8 Å². The molecule has 0 saturated carbocycles. The van der Waals surface area contributed by atoms with E-state index in [2.05, 4.69) is 20.0 Å². The van der Waals surface area contributed by atoms with E-state index in [1.54, 1.807) is 6.07 Å². The molecule has 0 unspecified atom stereocenters. The maximum atomic E-state index is 12.9. The normalized spacial score (nSPS) is 11.4. The summed E-state index contributed by atoms with van der Waals surface area (Å²) in [5.41, 5.74) is 0.527. The van der Waals surface area contributed by atoms with E-state index >= 15 is 0 Å². The summed E-state index contributed by atoms with van der Waals surface area (Å²) in [6, 6.07) is 10.9. The lowest BCUT2D eigenvalue weighted by Crippen LogP contribution is -2.30. The number of nitrogens with zero attached hydrogens (tertiary/aromatic N) is 3. The van der Waals surface area contributed by atoms with E-state index in [9.17, 15) is 12.8 Å². The SMILES string of the molecule is O=S(=O)(Cc1ccc(F)cc1)NCCNc1cc(-n2cccc2)ncn1. The minimum Gasteiger partial charge on any atom is -0.369 e. The molecule has 2 aromatic heterocycles. The summed E-state index contributed by atoms with van der Waals surface area (Å²) in [4.78, 5) is 8.29. The molecular formula is C17H18FN5O2S. The number of sulfonamides is 1. The van der Waals surface area contributed by atoms with E-state index in [0.717, 1.165) is 0 Å². The molecule has 3 aromatic rings. The van der Waals surface area contributed by atoms with Crippen LogP contribution in [0.15, 0.2) is 61.2 Å². The van der Waals surface area contributed by atoms with Crippen LogP contribution in [0.1, 0.15) is 5.56 Å². The number of nitrogens with one attached hydrogen (secondary N) is 2. The Labute approximate surface area is 151 Å². The van der Waals surface area contributed by atoms with Gasteiger partial charge in [0.1, 0.15) is 23.8 Å². The quantitative estimate of drug-likeness (QED) is 0.588. The summed E-state index contributed by atoms with van der Waals surface area (Å²) in [6.45, 7) is 0.567. The number of hydrogen-bond acceptors (Lipinski definition) is 5. The molecule has 9 heteroatoms. The number of hydrogen-bond donors (Lipinski definition) is 2. The van der Waals surface area contributed by atoms with Crippen molar-refractivity contribution in [2.75, 3.05) is 18.4 Å². The maximum Gasteiger partial charge on any atom is 0.215 e. The molecule has 0 amide bonds. The van der Waals surface area contributed by atoms with Crippen LogP contribution < -0.4 is 10.0 Å². The van der Waals surface area contributed by atoms with Crippen molar-refractivity contribution >= 4 is 15.8 Å². The van der Waals surface area contributed by atoms with Crippen molar-refractivity contribution in [3.8, 4) is 5.82 Å². The number of halogens is 1. The van der Waals surface area contributed by atoms with Crippen molar-refractivity contribution in [2.24, 2.45) is 0 Å². The highest BCUT2D eigenvalue weighted by molar-refractivity contribution is 7.88. The molecule has 7 nitrogen and oxygen atoms in total. The lowest BCUT2D eigenvalue weighted by molar-refractivity contribution is 0.581. The summed E-state index contributed by atoms with van der Waals surface area (Å²) in [7, 11) is -3.49. The Bertz CT molecular complexity index is 944. The summed E-state index contributed by atoms with van der Waals surface area (Å²) < 4.78 is 41.3. The first-order chi connectivity index (χ1) is 12.5. The molecule has 0 bridgehead atoms. The van der Waals surface area contributed by atoms with E-state index in [1.807, 2.05) is 29.1 Å². The van der Waals surface area contributed by atoms with Gasteiger partial charge in [0.15, 0.2) is 0 Å². The van der Waals surface area contributed by atoms with Gasteiger partial charge in [0.2, 0.25) is 10.0 Å². The Morgan fingerprint density at radius 3 is 2.50 bits per heavy atom. The molecule has 0 radical (unpaired) electrons. The topological polar surface area (TPSA) is 88.9 Å². The Balaban J connectivity index is 1.49. The van der Waals surface area contributed by atoms with Gasteiger partial charge in [-0.3, -0.25) is 0 Å². The minimum atomic E-state index is -3.49. The van der Waals surface area contributed by atoms with E-state index < -0.39 is 15.8 Å². The minimum absolute atomic E-state index is 0.196. The van der Waals surface area contributed by atoms with Crippen molar-refractivity contribution in [1.29, 1.82) is 0 Å². The zero-order valence-corrected chi connectivity index (χ0v) is 14.7. The molecule has 0 aliphatic rings. The highest BCUT2D eigenvalue weighted by Crippen LogP contribution is 2.09. The van der Waals surface area contributed by atoms with Gasteiger partial charge < -0.3 is 9.88 Å². The summed E-state index contributed by atoms with van der Waals surface area (Å²) in [5.74, 6) is 0.719. The fourth-order valence-electron chi connectivity index (χ4n) is 2.32. The second-order valence-corrected chi connectivity index (χ2v) is 7.37. The standard InChI is InChI=1S/C17H18FN5O2S/c18-15-5-3-14(4-6-15)12-26(24,25)22-8-7-19-16-11-17(21-13-20-16)23-9-1-2-10-23/h1-6,9-11,13,22H,7-8,12H2,(H,19,20,21). The van der Waals surface area contributed by atoms with Gasteiger partial charge in [-0.1, -0.05) is 12.1 Å². The van der Waals surface area contributed by atoms with Gasteiger partial charge in [0, 0.05) is 31.5 Å². The zero-order chi connectivity index (χ0) is 18.4. The molecule has 2 N–H and O–H groups in total. The van der Waals surface area contributed by atoms with Crippen LogP contribution in [0.4, 0.5) is 10.2 Å². The van der Waals surface area contributed by atoms with Gasteiger partial charge in [-0.15, -0.1) is 0 Å². The molecule has 0 aliphatic heterocycles.